The molecular weight excluding hydrogens is 328 g/mol. The van der Waals surface area contributed by atoms with E-state index in [1.54, 1.807) is 12.1 Å². The van der Waals surface area contributed by atoms with Gasteiger partial charge in [0.25, 0.3) is 0 Å². The Balaban J connectivity index is 2.16. The van der Waals surface area contributed by atoms with E-state index in [0.717, 1.165) is 31.2 Å². The van der Waals surface area contributed by atoms with Crippen LogP contribution in [-0.2, 0) is 10.0 Å². The number of nitrogens with one attached hydrogen (secondary N) is 1. The van der Waals surface area contributed by atoms with Crippen LogP contribution in [0.25, 0.3) is 0 Å². The van der Waals surface area contributed by atoms with Crippen LogP contribution >= 0.6 is 15.9 Å². The Hall–Kier alpha value is -0.430. The molecule has 1 aliphatic rings. The lowest BCUT2D eigenvalue weighted by molar-refractivity contribution is 0.373. The van der Waals surface area contributed by atoms with Crippen LogP contribution in [0.1, 0.15) is 31.2 Å². The third kappa shape index (κ3) is 3.78. The van der Waals surface area contributed by atoms with E-state index in [9.17, 15) is 8.42 Å². The molecule has 0 atom stereocenters. The van der Waals surface area contributed by atoms with Crippen molar-refractivity contribution in [3.05, 3.63) is 28.2 Å². The third-order valence-corrected chi connectivity index (χ3v) is 5.98. The molecule has 1 aromatic rings. The van der Waals surface area contributed by atoms with Crippen LogP contribution in [0.4, 0.5) is 0 Å². The Morgan fingerprint density at radius 3 is 2.53 bits per heavy atom. The van der Waals surface area contributed by atoms with Crippen molar-refractivity contribution in [2.45, 2.75) is 49.6 Å². The molecule has 1 aliphatic carbocycles. The molecule has 0 spiro atoms. The normalized spacial score (nSPS) is 24.4. The molecule has 1 aromatic carbocycles. The van der Waals surface area contributed by atoms with E-state index in [-0.39, 0.29) is 12.1 Å². The smallest absolute Gasteiger partial charge is 0.241 e. The monoisotopic (exact) mass is 346 g/mol. The largest absolute Gasteiger partial charge is 0.328 e. The summed E-state index contributed by atoms with van der Waals surface area (Å²) in [4.78, 5) is 0.308. The van der Waals surface area contributed by atoms with Gasteiger partial charge in [0.1, 0.15) is 0 Å². The van der Waals surface area contributed by atoms with E-state index in [1.807, 2.05) is 13.0 Å². The molecule has 0 bridgehead atoms. The van der Waals surface area contributed by atoms with Gasteiger partial charge in [-0.15, -0.1) is 0 Å². The van der Waals surface area contributed by atoms with Crippen molar-refractivity contribution < 1.29 is 8.42 Å². The molecule has 0 heterocycles. The standard InChI is InChI=1S/C13H19BrN2O2S/c1-9-2-7-12(14)13(8-9)19(17,18)16-11-5-3-10(15)4-6-11/h2,7-8,10-11,16H,3-6,15H2,1H3. The molecule has 0 aromatic heterocycles. The molecule has 0 aliphatic heterocycles. The van der Waals surface area contributed by atoms with E-state index in [2.05, 4.69) is 20.7 Å². The van der Waals surface area contributed by atoms with E-state index in [0.29, 0.717) is 9.37 Å². The second-order valence-electron chi connectivity index (χ2n) is 5.17. The highest BCUT2D eigenvalue weighted by atomic mass is 79.9. The van der Waals surface area contributed by atoms with Gasteiger partial charge in [0, 0.05) is 16.6 Å². The Labute approximate surface area is 122 Å². The fraction of sp³-hybridized carbons (Fsp3) is 0.538. The molecule has 0 radical (unpaired) electrons. The molecular formula is C13H19BrN2O2S. The molecule has 0 amide bonds. The number of aryl methyl sites for hydroxylation is 1. The van der Waals surface area contributed by atoms with Crippen LogP contribution < -0.4 is 10.5 Å². The van der Waals surface area contributed by atoms with Crippen molar-refractivity contribution in [2.75, 3.05) is 0 Å². The molecule has 6 heteroatoms. The van der Waals surface area contributed by atoms with Gasteiger partial charge in [-0.25, -0.2) is 13.1 Å². The van der Waals surface area contributed by atoms with Gasteiger partial charge in [-0.1, -0.05) is 6.07 Å². The average Bonchev–Trinajstić information content (AvgIpc) is 2.35. The van der Waals surface area contributed by atoms with E-state index in [1.165, 1.54) is 0 Å². The lowest BCUT2D eigenvalue weighted by atomic mass is 9.93. The molecule has 106 valence electrons. The molecule has 2 rings (SSSR count). The lowest BCUT2D eigenvalue weighted by Gasteiger charge is -2.26. The minimum absolute atomic E-state index is 0.00258. The zero-order chi connectivity index (χ0) is 14.0. The van der Waals surface area contributed by atoms with Crippen molar-refractivity contribution in [1.82, 2.24) is 4.72 Å². The predicted octanol–water partition coefficient (Wildman–Crippen LogP) is 2.31. The summed E-state index contributed by atoms with van der Waals surface area (Å²) >= 11 is 3.30. The maximum absolute atomic E-state index is 12.4. The topological polar surface area (TPSA) is 72.2 Å². The number of nitrogens with two attached hydrogens (primary N) is 1. The van der Waals surface area contributed by atoms with Gasteiger partial charge in [-0.2, -0.15) is 0 Å². The third-order valence-electron chi connectivity index (χ3n) is 3.47. The number of hydrogen-bond donors (Lipinski definition) is 2. The number of rotatable bonds is 3. The van der Waals surface area contributed by atoms with Crippen molar-refractivity contribution >= 4 is 26.0 Å². The van der Waals surface area contributed by atoms with Crippen LogP contribution in [0.2, 0.25) is 0 Å². The van der Waals surface area contributed by atoms with Crippen LogP contribution in [0.3, 0.4) is 0 Å². The van der Waals surface area contributed by atoms with Crippen molar-refractivity contribution in [3.8, 4) is 0 Å². The fourth-order valence-electron chi connectivity index (χ4n) is 2.34. The van der Waals surface area contributed by atoms with Crippen molar-refractivity contribution in [3.63, 3.8) is 0 Å². The molecule has 0 saturated heterocycles. The first-order valence-electron chi connectivity index (χ1n) is 6.42. The summed E-state index contributed by atoms with van der Waals surface area (Å²) in [6.45, 7) is 1.88. The van der Waals surface area contributed by atoms with Crippen LogP contribution in [0, 0.1) is 6.92 Å². The quantitative estimate of drug-likeness (QED) is 0.881. The summed E-state index contributed by atoms with van der Waals surface area (Å²) in [7, 11) is -3.47. The molecule has 1 fully saturated rings. The Kier molecular flexibility index (Phi) is 4.66. The summed E-state index contributed by atoms with van der Waals surface area (Å²) in [6.07, 6.45) is 3.37. The maximum Gasteiger partial charge on any atom is 0.241 e. The van der Waals surface area contributed by atoms with E-state index >= 15 is 0 Å². The summed E-state index contributed by atoms with van der Waals surface area (Å²) in [5.41, 5.74) is 6.76. The van der Waals surface area contributed by atoms with Crippen molar-refractivity contribution in [2.24, 2.45) is 5.73 Å². The molecule has 3 N–H and O–H groups in total. The summed E-state index contributed by atoms with van der Waals surface area (Å²) in [5.74, 6) is 0. The Morgan fingerprint density at radius 2 is 1.89 bits per heavy atom. The first-order valence-corrected chi connectivity index (χ1v) is 8.70. The molecule has 4 nitrogen and oxygen atoms in total. The molecule has 0 unspecified atom stereocenters. The van der Waals surface area contributed by atoms with Crippen LogP contribution in [-0.4, -0.2) is 20.5 Å². The van der Waals surface area contributed by atoms with Gasteiger partial charge < -0.3 is 5.73 Å². The number of hydrogen-bond acceptors (Lipinski definition) is 3. The molecule has 19 heavy (non-hydrogen) atoms. The zero-order valence-electron chi connectivity index (χ0n) is 10.9. The minimum atomic E-state index is -3.47. The maximum atomic E-state index is 12.4. The van der Waals surface area contributed by atoms with Gasteiger partial charge in [-0.3, -0.25) is 0 Å². The SMILES string of the molecule is Cc1ccc(Br)c(S(=O)(=O)NC2CCC(N)CC2)c1. The number of sulfonamides is 1. The first-order chi connectivity index (χ1) is 8.88. The van der Waals surface area contributed by atoms with Crippen molar-refractivity contribution in [1.29, 1.82) is 0 Å². The van der Waals surface area contributed by atoms with Crippen LogP contribution in [0.5, 0.6) is 0 Å². The first kappa shape index (κ1) is 15.0. The number of halogens is 1. The highest BCUT2D eigenvalue weighted by Crippen LogP contribution is 2.25. The van der Waals surface area contributed by atoms with Gasteiger partial charge in [-0.05, 0) is 66.2 Å². The second kappa shape index (κ2) is 5.91. The Bertz CT molecular complexity index is 552. The Morgan fingerprint density at radius 1 is 1.26 bits per heavy atom. The average molecular weight is 347 g/mol. The highest BCUT2D eigenvalue weighted by molar-refractivity contribution is 9.10. The highest BCUT2D eigenvalue weighted by Gasteiger charge is 2.25. The van der Waals surface area contributed by atoms with Gasteiger partial charge in [0.15, 0.2) is 0 Å². The van der Waals surface area contributed by atoms with Gasteiger partial charge >= 0.3 is 0 Å². The summed E-state index contributed by atoms with van der Waals surface area (Å²) in [5, 5.41) is 0. The van der Waals surface area contributed by atoms with Crippen LogP contribution in [0.15, 0.2) is 27.6 Å². The molecule has 1 saturated carbocycles. The fourth-order valence-corrected chi connectivity index (χ4v) is 4.69. The second-order valence-corrected chi connectivity index (χ2v) is 7.70. The van der Waals surface area contributed by atoms with Gasteiger partial charge in [0.05, 0.1) is 4.90 Å². The van der Waals surface area contributed by atoms with E-state index in [4.69, 9.17) is 5.73 Å². The summed E-state index contributed by atoms with van der Waals surface area (Å²) in [6, 6.07) is 5.54. The predicted molar refractivity (Wildman–Crippen MR) is 79.4 cm³/mol. The summed E-state index contributed by atoms with van der Waals surface area (Å²) < 4.78 is 28.1. The zero-order valence-corrected chi connectivity index (χ0v) is 13.3. The van der Waals surface area contributed by atoms with E-state index < -0.39 is 10.0 Å². The van der Waals surface area contributed by atoms with Gasteiger partial charge in [0.2, 0.25) is 10.0 Å². The minimum Gasteiger partial charge on any atom is -0.328 e. The number of benzene rings is 1. The lowest BCUT2D eigenvalue weighted by Crippen LogP contribution is -2.40.